The van der Waals surface area contributed by atoms with Crippen LogP contribution < -0.4 is 4.57 Å². The van der Waals surface area contributed by atoms with E-state index in [2.05, 4.69) is 47.9 Å². The molecule has 6 rings (SSSR count). The lowest BCUT2D eigenvalue weighted by molar-refractivity contribution is -0.660. The van der Waals surface area contributed by atoms with Gasteiger partial charge in [-0.2, -0.15) is 0 Å². The Balaban J connectivity index is 1.66. The van der Waals surface area contributed by atoms with Crippen LogP contribution in [0.4, 0.5) is 4.39 Å². The Morgan fingerprint density at radius 3 is 2.53 bits per heavy atom. The van der Waals surface area contributed by atoms with Crippen molar-refractivity contribution in [2.75, 3.05) is 0 Å². The molecule has 2 aromatic heterocycles. The highest BCUT2D eigenvalue weighted by molar-refractivity contribution is 6.13. The molecule has 0 saturated carbocycles. The zero-order chi connectivity index (χ0) is 21.8. The zero-order valence-electron chi connectivity index (χ0n) is 18.4. The second kappa shape index (κ2) is 7.30. The molecule has 32 heavy (non-hydrogen) atoms. The van der Waals surface area contributed by atoms with Crippen LogP contribution in [-0.4, -0.2) is 0 Å². The highest BCUT2D eigenvalue weighted by atomic mass is 19.1. The number of nitrogens with zero attached hydrogens (tertiary/aromatic N) is 1. The number of hydrogen-bond acceptors (Lipinski definition) is 1. The molecule has 0 bridgehead atoms. The number of hydrogen-bond donors (Lipinski definition) is 0. The first-order valence-electron chi connectivity index (χ1n) is 11.3. The van der Waals surface area contributed by atoms with E-state index in [0.717, 1.165) is 62.7 Å². The molecule has 0 N–H and O–H groups in total. The molecule has 0 atom stereocenters. The summed E-state index contributed by atoms with van der Waals surface area (Å²) in [4.78, 5) is 0. The van der Waals surface area contributed by atoms with Gasteiger partial charge in [0.2, 0.25) is 5.69 Å². The van der Waals surface area contributed by atoms with Crippen LogP contribution in [0.2, 0.25) is 0 Å². The van der Waals surface area contributed by atoms with Crippen molar-refractivity contribution in [1.82, 2.24) is 0 Å². The summed E-state index contributed by atoms with van der Waals surface area (Å²) in [5.74, 6) is -0.236. The number of benzene rings is 3. The van der Waals surface area contributed by atoms with E-state index in [1.165, 1.54) is 24.0 Å². The van der Waals surface area contributed by atoms with Gasteiger partial charge in [0.05, 0.1) is 5.56 Å². The molecule has 158 valence electrons. The fourth-order valence-electron chi connectivity index (χ4n) is 5.22. The average molecular weight is 423 g/mol. The molecule has 0 amide bonds. The minimum atomic E-state index is -0.236. The van der Waals surface area contributed by atoms with E-state index in [9.17, 15) is 4.39 Å². The van der Waals surface area contributed by atoms with Gasteiger partial charge in [0.15, 0.2) is 6.20 Å². The molecule has 1 aliphatic rings. The van der Waals surface area contributed by atoms with Crippen LogP contribution in [0.15, 0.2) is 71.3 Å². The SMILES string of the molecule is Cc1ccc2c(oc3c(-c4ccc5c(c4)CCCC5)cc(F)cc32)c1-c1cccc[n+]1C. The van der Waals surface area contributed by atoms with Gasteiger partial charge in [-0.3, -0.25) is 0 Å². The van der Waals surface area contributed by atoms with Gasteiger partial charge in [0.1, 0.15) is 24.0 Å². The number of aromatic nitrogens is 1. The molecule has 3 heteroatoms. The molecule has 0 saturated heterocycles. The van der Waals surface area contributed by atoms with Crippen molar-refractivity contribution < 1.29 is 13.4 Å². The predicted molar refractivity (Wildman–Crippen MR) is 127 cm³/mol. The van der Waals surface area contributed by atoms with E-state index in [4.69, 9.17) is 4.42 Å². The molecule has 2 nitrogen and oxygen atoms in total. The fraction of sp³-hybridized carbons (Fsp3) is 0.207. The smallest absolute Gasteiger partial charge is 0.216 e. The van der Waals surface area contributed by atoms with Crippen LogP contribution in [0, 0.1) is 12.7 Å². The molecule has 2 heterocycles. The molecule has 0 unspecified atom stereocenters. The molecule has 0 aliphatic heterocycles. The molecule has 5 aromatic rings. The van der Waals surface area contributed by atoms with Crippen molar-refractivity contribution in [1.29, 1.82) is 0 Å². The Bertz CT molecular complexity index is 1510. The van der Waals surface area contributed by atoms with Gasteiger partial charge in [-0.05, 0) is 73.1 Å². The Morgan fingerprint density at radius 1 is 0.844 bits per heavy atom. The summed E-state index contributed by atoms with van der Waals surface area (Å²) in [6, 6.07) is 20.1. The number of rotatable bonds is 2. The average Bonchev–Trinajstić information content (AvgIpc) is 3.17. The van der Waals surface area contributed by atoms with E-state index in [1.54, 1.807) is 12.1 Å². The van der Waals surface area contributed by atoms with E-state index < -0.39 is 0 Å². The summed E-state index contributed by atoms with van der Waals surface area (Å²) in [6.07, 6.45) is 6.73. The van der Waals surface area contributed by atoms with Gasteiger partial charge < -0.3 is 4.42 Å². The monoisotopic (exact) mass is 422 g/mol. The van der Waals surface area contributed by atoms with Gasteiger partial charge >= 0.3 is 0 Å². The third-order valence-corrected chi connectivity index (χ3v) is 6.88. The normalized spacial score (nSPS) is 13.6. The lowest BCUT2D eigenvalue weighted by atomic mass is 9.89. The second-order valence-electron chi connectivity index (χ2n) is 8.95. The summed E-state index contributed by atoms with van der Waals surface area (Å²) >= 11 is 0. The maximum Gasteiger partial charge on any atom is 0.216 e. The van der Waals surface area contributed by atoms with Crippen LogP contribution in [0.1, 0.15) is 29.5 Å². The van der Waals surface area contributed by atoms with Crippen molar-refractivity contribution in [3.05, 3.63) is 89.4 Å². The summed E-state index contributed by atoms with van der Waals surface area (Å²) in [5.41, 5.74) is 9.48. The molecule has 0 radical (unpaired) electrons. The van der Waals surface area contributed by atoms with Crippen molar-refractivity contribution in [2.24, 2.45) is 7.05 Å². The van der Waals surface area contributed by atoms with Gasteiger partial charge in [-0.15, -0.1) is 0 Å². The van der Waals surface area contributed by atoms with Crippen molar-refractivity contribution >= 4 is 21.9 Å². The number of pyridine rings is 1. The lowest BCUT2D eigenvalue weighted by Gasteiger charge is -2.16. The van der Waals surface area contributed by atoms with E-state index >= 15 is 0 Å². The first kappa shape index (κ1) is 19.2. The maximum absolute atomic E-state index is 14.8. The minimum absolute atomic E-state index is 0.236. The quantitative estimate of drug-likeness (QED) is 0.278. The summed E-state index contributed by atoms with van der Waals surface area (Å²) < 4.78 is 23.5. The first-order chi connectivity index (χ1) is 15.6. The van der Waals surface area contributed by atoms with Crippen molar-refractivity contribution in [2.45, 2.75) is 32.6 Å². The number of fused-ring (bicyclic) bond motifs is 4. The number of aryl methyl sites for hydroxylation is 4. The molecular formula is C29H25FNO+. The third kappa shape index (κ3) is 2.96. The Morgan fingerprint density at radius 2 is 1.69 bits per heavy atom. The Hall–Kier alpha value is -3.46. The predicted octanol–water partition coefficient (Wildman–Crippen LogP) is 7.07. The summed E-state index contributed by atoms with van der Waals surface area (Å²) in [7, 11) is 2.04. The zero-order valence-corrected chi connectivity index (χ0v) is 18.4. The molecule has 0 spiro atoms. The summed E-state index contributed by atoms with van der Waals surface area (Å²) in [5, 5.41) is 1.77. The van der Waals surface area contributed by atoms with Crippen LogP contribution in [-0.2, 0) is 19.9 Å². The van der Waals surface area contributed by atoms with E-state index in [0.29, 0.717) is 0 Å². The van der Waals surface area contributed by atoms with Gasteiger partial charge in [0.25, 0.3) is 0 Å². The molecule has 0 fully saturated rings. The topological polar surface area (TPSA) is 17.0 Å². The highest BCUT2D eigenvalue weighted by Gasteiger charge is 2.22. The first-order valence-corrected chi connectivity index (χ1v) is 11.3. The third-order valence-electron chi connectivity index (χ3n) is 6.88. The number of halogens is 1. The Labute approximate surface area is 186 Å². The minimum Gasteiger partial charge on any atom is -0.454 e. The molecule has 3 aromatic carbocycles. The largest absolute Gasteiger partial charge is 0.454 e. The second-order valence-corrected chi connectivity index (χ2v) is 8.95. The summed E-state index contributed by atoms with van der Waals surface area (Å²) in [6.45, 7) is 2.10. The van der Waals surface area contributed by atoms with Crippen molar-refractivity contribution in [3.63, 3.8) is 0 Å². The Kier molecular flexibility index (Phi) is 4.39. The van der Waals surface area contributed by atoms with Gasteiger partial charge in [0, 0.05) is 28.5 Å². The van der Waals surface area contributed by atoms with Crippen LogP contribution >= 0.6 is 0 Å². The van der Waals surface area contributed by atoms with Crippen LogP contribution in [0.25, 0.3) is 44.3 Å². The maximum atomic E-state index is 14.8. The van der Waals surface area contributed by atoms with E-state index in [1.807, 2.05) is 25.4 Å². The van der Waals surface area contributed by atoms with Crippen molar-refractivity contribution in [3.8, 4) is 22.4 Å². The fourth-order valence-corrected chi connectivity index (χ4v) is 5.22. The van der Waals surface area contributed by atoms with Crippen LogP contribution in [0.3, 0.4) is 0 Å². The number of furan rings is 1. The van der Waals surface area contributed by atoms with Gasteiger partial charge in [-0.1, -0.05) is 30.3 Å². The lowest BCUT2D eigenvalue weighted by Crippen LogP contribution is -2.30. The molecular weight excluding hydrogens is 397 g/mol. The van der Waals surface area contributed by atoms with Crippen LogP contribution in [0.5, 0.6) is 0 Å². The van der Waals surface area contributed by atoms with E-state index in [-0.39, 0.29) is 5.82 Å². The standard InChI is InChI=1S/C29H25FNO/c1-18-10-13-23-25-17-22(30)16-24(21-12-11-19-7-3-4-8-20(19)15-21)28(25)32-29(23)27(18)26-9-5-6-14-31(26)2/h5-6,9-17H,3-4,7-8H2,1-2H3/q+1. The molecule has 1 aliphatic carbocycles. The highest BCUT2D eigenvalue weighted by Crippen LogP contribution is 2.41. The van der Waals surface area contributed by atoms with Gasteiger partial charge in [-0.25, -0.2) is 8.96 Å².